The number of benzene rings is 3. The number of fused-ring (bicyclic) bond motifs is 2. The van der Waals surface area contributed by atoms with Crippen molar-refractivity contribution in [1.29, 1.82) is 0 Å². The second-order valence-corrected chi connectivity index (χ2v) is 14.1. The fraction of sp³-hybridized carbons (Fsp3) is 0.241. The van der Waals surface area contributed by atoms with Crippen molar-refractivity contribution in [3.63, 3.8) is 0 Å². The van der Waals surface area contributed by atoms with E-state index >= 15 is 0 Å². The molecule has 30 heavy (non-hydrogen) atoms. The number of hydrogen-bond acceptors (Lipinski definition) is 0. The average molecular weight is 407 g/mol. The van der Waals surface area contributed by atoms with Gasteiger partial charge in [-0.25, -0.2) is 0 Å². The molecule has 5 rings (SSSR count). The van der Waals surface area contributed by atoms with Gasteiger partial charge in [-0.3, -0.25) is 0 Å². The lowest BCUT2D eigenvalue weighted by Crippen LogP contribution is -2.39. The third-order valence-electron chi connectivity index (χ3n) is 7.47. The minimum atomic E-state index is -1.87. The maximum absolute atomic E-state index is 2.60. The molecule has 0 saturated heterocycles. The third kappa shape index (κ3) is 2.72. The second-order valence-electron chi connectivity index (χ2n) is 9.55. The van der Waals surface area contributed by atoms with E-state index in [0.717, 1.165) is 0 Å². The highest BCUT2D eigenvalue weighted by Crippen LogP contribution is 2.55. The molecule has 3 aromatic carbocycles. The first kappa shape index (κ1) is 19.3. The summed E-state index contributed by atoms with van der Waals surface area (Å²) in [5.74, 6) is 0.508. The minimum absolute atomic E-state index is 0.483. The van der Waals surface area contributed by atoms with E-state index in [4.69, 9.17) is 0 Å². The van der Waals surface area contributed by atoms with E-state index in [1.165, 1.54) is 44.5 Å². The van der Waals surface area contributed by atoms with Crippen LogP contribution in [-0.4, -0.2) is 8.07 Å². The van der Waals surface area contributed by atoms with Gasteiger partial charge in [0.1, 0.15) is 0 Å². The summed E-state index contributed by atoms with van der Waals surface area (Å²) in [5.41, 5.74) is 12.2. The van der Waals surface area contributed by atoms with Gasteiger partial charge in [-0.1, -0.05) is 104 Å². The van der Waals surface area contributed by atoms with Crippen molar-refractivity contribution in [2.75, 3.05) is 0 Å². The van der Waals surface area contributed by atoms with Crippen LogP contribution in [0.2, 0.25) is 13.1 Å². The van der Waals surface area contributed by atoms with Gasteiger partial charge < -0.3 is 0 Å². The van der Waals surface area contributed by atoms with E-state index in [1.807, 2.05) is 0 Å². The predicted molar refractivity (Wildman–Crippen MR) is 133 cm³/mol. The van der Waals surface area contributed by atoms with Crippen molar-refractivity contribution in [3.8, 4) is 0 Å². The van der Waals surface area contributed by atoms with Crippen molar-refractivity contribution >= 4 is 25.3 Å². The van der Waals surface area contributed by atoms with Crippen molar-refractivity contribution in [1.82, 2.24) is 0 Å². The molecule has 2 atom stereocenters. The lowest BCUT2D eigenvalue weighted by Gasteiger charge is -2.37. The Morgan fingerprint density at radius 3 is 2.00 bits per heavy atom. The van der Waals surface area contributed by atoms with Gasteiger partial charge in [0.15, 0.2) is 0 Å². The maximum atomic E-state index is 2.60. The highest BCUT2D eigenvalue weighted by molar-refractivity contribution is 6.88. The summed E-state index contributed by atoms with van der Waals surface area (Å²) in [7, 11) is -1.87. The highest BCUT2D eigenvalue weighted by atomic mass is 28.3. The molecule has 2 aliphatic carbocycles. The van der Waals surface area contributed by atoms with Crippen LogP contribution in [-0.2, 0) is 0 Å². The van der Waals surface area contributed by atoms with Crippen molar-refractivity contribution in [2.24, 2.45) is 0 Å². The van der Waals surface area contributed by atoms with Crippen LogP contribution < -0.4 is 0 Å². The van der Waals surface area contributed by atoms with Crippen LogP contribution in [0.4, 0.5) is 0 Å². The smallest absolute Gasteiger partial charge is 0.0694 e. The van der Waals surface area contributed by atoms with Crippen LogP contribution in [0.3, 0.4) is 0 Å². The number of hydrogen-bond donors (Lipinski definition) is 0. The average Bonchev–Trinajstić information content (AvgIpc) is 3.25. The second kappa shape index (κ2) is 6.96. The number of aryl methyl sites for hydroxylation is 1. The molecule has 0 spiro atoms. The first-order valence-electron chi connectivity index (χ1n) is 11.1. The standard InChI is InChI=1S/C29H30Si/c1-19-12-6-8-14-23(19)27-18-22-13-7-9-17-26(22)29(27)30(4,5)28-20(2)24-15-10-11-16-25(24)21(28)3/h6-18,20,29H,1-5H3. The molecule has 2 aliphatic rings. The van der Waals surface area contributed by atoms with E-state index in [1.54, 1.807) is 5.20 Å². The number of allylic oxidation sites excluding steroid dienone is 3. The Balaban J connectivity index is 1.70. The SMILES string of the molecule is CC1=C([Si](C)(C)C2C(c3ccccc3C)=Cc3ccccc32)C(C)c2ccccc21. The van der Waals surface area contributed by atoms with Gasteiger partial charge in [0.25, 0.3) is 0 Å². The van der Waals surface area contributed by atoms with Gasteiger partial charge in [0.05, 0.1) is 8.07 Å². The third-order valence-corrected chi connectivity index (χ3v) is 11.7. The molecule has 3 aromatic rings. The molecule has 0 nitrogen and oxygen atoms in total. The Morgan fingerprint density at radius 1 is 0.700 bits per heavy atom. The van der Waals surface area contributed by atoms with Crippen LogP contribution in [0, 0.1) is 6.92 Å². The lowest BCUT2D eigenvalue weighted by atomic mass is 9.98. The van der Waals surface area contributed by atoms with E-state index in [2.05, 4.69) is 113 Å². The minimum Gasteiger partial charge on any atom is -0.0694 e. The van der Waals surface area contributed by atoms with Crippen molar-refractivity contribution in [3.05, 3.63) is 111 Å². The zero-order chi connectivity index (χ0) is 21.0. The summed E-state index contributed by atoms with van der Waals surface area (Å²) in [6, 6.07) is 27.0. The molecule has 0 saturated carbocycles. The predicted octanol–water partition coefficient (Wildman–Crippen LogP) is 8.01. The first-order chi connectivity index (χ1) is 14.4. The van der Waals surface area contributed by atoms with Crippen LogP contribution in [0.25, 0.3) is 17.2 Å². The number of rotatable bonds is 3. The fourth-order valence-corrected chi connectivity index (χ4v) is 11.0. The van der Waals surface area contributed by atoms with Crippen molar-refractivity contribution in [2.45, 2.75) is 45.3 Å². The van der Waals surface area contributed by atoms with Gasteiger partial charge in [0, 0.05) is 5.54 Å². The topological polar surface area (TPSA) is 0 Å². The zero-order valence-electron chi connectivity index (χ0n) is 18.7. The molecule has 0 fully saturated rings. The van der Waals surface area contributed by atoms with Gasteiger partial charge in [-0.05, 0) is 64.3 Å². The molecule has 150 valence electrons. The molecular weight excluding hydrogens is 376 g/mol. The summed E-state index contributed by atoms with van der Waals surface area (Å²) in [5, 5.41) is 1.73. The Morgan fingerprint density at radius 2 is 1.30 bits per heavy atom. The maximum Gasteiger partial charge on any atom is 0.0888 e. The quantitative estimate of drug-likeness (QED) is 0.386. The van der Waals surface area contributed by atoms with E-state index < -0.39 is 8.07 Å². The summed E-state index contributed by atoms with van der Waals surface area (Å²) in [6.45, 7) is 12.3. The summed E-state index contributed by atoms with van der Waals surface area (Å²) in [4.78, 5) is 0. The Bertz CT molecular complexity index is 1210. The fourth-order valence-electron chi connectivity index (χ4n) is 6.27. The first-order valence-corrected chi connectivity index (χ1v) is 14.2. The highest BCUT2D eigenvalue weighted by Gasteiger charge is 2.46. The molecule has 0 radical (unpaired) electrons. The van der Waals surface area contributed by atoms with Crippen LogP contribution in [0.1, 0.15) is 58.7 Å². The molecule has 2 unspecified atom stereocenters. The molecule has 0 heterocycles. The zero-order valence-corrected chi connectivity index (χ0v) is 19.7. The Labute approximate surface area is 182 Å². The van der Waals surface area contributed by atoms with Gasteiger partial charge in [-0.2, -0.15) is 0 Å². The summed E-state index contributed by atoms with van der Waals surface area (Å²) < 4.78 is 0. The normalized spacial score (nSPS) is 20.2. The van der Waals surface area contributed by atoms with Gasteiger partial charge in [0.2, 0.25) is 0 Å². The van der Waals surface area contributed by atoms with Gasteiger partial charge >= 0.3 is 0 Å². The largest absolute Gasteiger partial charge is 0.0888 e. The van der Waals surface area contributed by atoms with Gasteiger partial charge in [-0.15, -0.1) is 0 Å². The monoisotopic (exact) mass is 406 g/mol. The molecule has 0 bridgehead atoms. The Hall–Kier alpha value is -2.64. The van der Waals surface area contributed by atoms with Crippen molar-refractivity contribution < 1.29 is 0 Å². The summed E-state index contributed by atoms with van der Waals surface area (Å²) >= 11 is 0. The Kier molecular flexibility index (Phi) is 4.48. The van der Waals surface area contributed by atoms with E-state index in [-0.39, 0.29) is 0 Å². The van der Waals surface area contributed by atoms with Crippen LogP contribution in [0.15, 0.2) is 78.0 Å². The van der Waals surface area contributed by atoms with E-state index in [9.17, 15) is 0 Å². The molecule has 0 N–H and O–H groups in total. The molecule has 0 aromatic heterocycles. The molecule has 0 aliphatic heterocycles. The summed E-state index contributed by atoms with van der Waals surface area (Å²) in [6.07, 6.45) is 2.47. The van der Waals surface area contributed by atoms with E-state index in [0.29, 0.717) is 11.5 Å². The molecule has 0 amide bonds. The molecular formula is C29H30Si. The lowest BCUT2D eigenvalue weighted by molar-refractivity contribution is 0.947. The molecule has 1 heteroatoms. The van der Waals surface area contributed by atoms with Crippen LogP contribution in [0.5, 0.6) is 0 Å². The van der Waals surface area contributed by atoms with Crippen LogP contribution >= 0.6 is 0 Å².